The molecule has 92 valence electrons. The average Bonchev–Trinajstić information content (AvgIpc) is 2.34. The van der Waals surface area contributed by atoms with Gasteiger partial charge in [-0.05, 0) is 45.2 Å². The van der Waals surface area contributed by atoms with Gasteiger partial charge in [-0.25, -0.2) is 0 Å². The zero-order valence-corrected chi connectivity index (χ0v) is 10.4. The van der Waals surface area contributed by atoms with Crippen LogP contribution in [0.3, 0.4) is 0 Å². The summed E-state index contributed by atoms with van der Waals surface area (Å²) < 4.78 is 0. The van der Waals surface area contributed by atoms with Crippen molar-refractivity contribution in [1.82, 2.24) is 10.2 Å². The van der Waals surface area contributed by atoms with Crippen LogP contribution in [0.1, 0.15) is 32.1 Å². The minimum Gasteiger partial charge on any atom is -0.343 e. The van der Waals surface area contributed by atoms with Gasteiger partial charge in [0.05, 0.1) is 0 Å². The van der Waals surface area contributed by atoms with Crippen molar-refractivity contribution in [3.8, 4) is 0 Å². The van der Waals surface area contributed by atoms with E-state index < -0.39 is 0 Å². The van der Waals surface area contributed by atoms with Gasteiger partial charge in [0.1, 0.15) is 0 Å². The van der Waals surface area contributed by atoms with E-state index in [4.69, 9.17) is 0 Å². The molecule has 3 nitrogen and oxygen atoms in total. The first kappa shape index (κ1) is 13.2. The second-order valence-corrected chi connectivity index (χ2v) is 4.54. The topological polar surface area (TPSA) is 32.3 Å². The number of piperidine rings is 1. The molecule has 1 aliphatic rings. The third-order valence-corrected chi connectivity index (χ3v) is 3.33. The smallest absolute Gasteiger partial charge is 0.222 e. The summed E-state index contributed by atoms with van der Waals surface area (Å²) in [6, 6.07) is 0. The van der Waals surface area contributed by atoms with Crippen molar-refractivity contribution in [3.05, 3.63) is 12.7 Å². The van der Waals surface area contributed by atoms with Gasteiger partial charge in [-0.3, -0.25) is 4.79 Å². The van der Waals surface area contributed by atoms with Crippen LogP contribution < -0.4 is 5.32 Å². The molecule has 0 aromatic heterocycles. The van der Waals surface area contributed by atoms with Gasteiger partial charge in [-0.1, -0.05) is 6.08 Å². The molecule has 0 atom stereocenters. The lowest BCUT2D eigenvalue weighted by atomic mass is 9.93. The molecule has 0 aromatic rings. The summed E-state index contributed by atoms with van der Waals surface area (Å²) in [4.78, 5) is 13.8. The van der Waals surface area contributed by atoms with Crippen molar-refractivity contribution in [2.75, 3.05) is 26.7 Å². The molecule has 0 bridgehead atoms. The van der Waals surface area contributed by atoms with Gasteiger partial charge in [-0.2, -0.15) is 0 Å². The van der Waals surface area contributed by atoms with Crippen LogP contribution in [0.2, 0.25) is 0 Å². The molecule has 1 aliphatic heterocycles. The molecule has 1 saturated heterocycles. The summed E-state index contributed by atoms with van der Waals surface area (Å²) in [5.41, 5.74) is 0. The molecule has 0 radical (unpaired) electrons. The summed E-state index contributed by atoms with van der Waals surface area (Å²) in [6.45, 7) is 6.64. The predicted molar refractivity (Wildman–Crippen MR) is 67.3 cm³/mol. The van der Waals surface area contributed by atoms with E-state index in [0.29, 0.717) is 12.3 Å². The number of nitrogens with zero attached hydrogens (tertiary/aromatic N) is 1. The van der Waals surface area contributed by atoms with E-state index in [1.165, 1.54) is 19.3 Å². The zero-order valence-electron chi connectivity index (χ0n) is 10.4. The van der Waals surface area contributed by atoms with Gasteiger partial charge in [0, 0.05) is 19.5 Å². The lowest BCUT2D eigenvalue weighted by Crippen LogP contribution is -2.38. The second kappa shape index (κ2) is 7.44. The number of likely N-dealkylation sites (tertiary alicyclic amines) is 1. The van der Waals surface area contributed by atoms with Crippen molar-refractivity contribution in [2.45, 2.75) is 32.1 Å². The maximum atomic E-state index is 11.7. The van der Waals surface area contributed by atoms with Crippen molar-refractivity contribution in [3.63, 3.8) is 0 Å². The quantitative estimate of drug-likeness (QED) is 0.698. The van der Waals surface area contributed by atoms with Crippen LogP contribution >= 0.6 is 0 Å². The van der Waals surface area contributed by atoms with Crippen LogP contribution in [0, 0.1) is 5.92 Å². The van der Waals surface area contributed by atoms with E-state index in [2.05, 4.69) is 11.9 Å². The highest BCUT2D eigenvalue weighted by atomic mass is 16.2. The molecule has 16 heavy (non-hydrogen) atoms. The first-order valence-corrected chi connectivity index (χ1v) is 6.31. The van der Waals surface area contributed by atoms with E-state index in [0.717, 1.165) is 32.0 Å². The maximum absolute atomic E-state index is 11.7. The van der Waals surface area contributed by atoms with E-state index >= 15 is 0 Å². The number of amides is 1. The molecular formula is C13H24N2O. The maximum Gasteiger partial charge on any atom is 0.222 e. The van der Waals surface area contributed by atoms with Crippen molar-refractivity contribution >= 4 is 5.91 Å². The number of hydrogen-bond acceptors (Lipinski definition) is 2. The van der Waals surface area contributed by atoms with E-state index in [1.54, 1.807) is 0 Å². The third kappa shape index (κ3) is 4.35. The fourth-order valence-electron chi connectivity index (χ4n) is 2.20. The molecule has 1 heterocycles. The first-order valence-electron chi connectivity index (χ1n) is 6.31. The molecular weight excluding hydrogens is 200 g/mol. The van der Waals surface area contributed by atoms with Crippen LogP contribution in [-0.2, 0) is 4.79 Å². The van der Waals surface area contributed by atoms with E-state index in [-0.39, 0.29) is 0 Å². The molecule has 0 aliphatic carbocycles. The number of carbonyl (C=O) groups excluding carboxylic acids is 1. The van der Waals surface area contributed by atoms with Crippen molar-refractivity contribution in [2.24, 2.45) is 5.92 Å². The first-order chi connectivity index (χ1) is 7.77. The van der Waals surface area contributed by atoms with Crippen LogP contribution in [0.25, 0.3) is 0 Å². The summed E-state index contributed by atoms with van der Waals surface area (Å²) in [5.74, 6) is 1.10. The highest BCUT2D eigenvalue weighted by molar-refractivity contribution is 5.76. The SMILES string of the molecule is C=CCCC(=O)N1CCC(CCNC)CC1. The standard InChI is InChI=1S/C13H24N2O/c1-3-4-5-13(16)15-10-7-12(8-11-15)6-9-14-2/h3,12,14H,1,4-11H2,2H3. The van der Waals surface area contributed by atoms with Gasteiger partial charge in [0.2, 0.25) is 5.91 Å². The zero-order chi connectivity index (χ0) is 11.8. The van der Waals surface area contributed by atoms with Gasteiger partial charge >= 0.3 is 0 Å². The Morgan fingerprint density at radius 3 is 2.75 bits per heavy atom. The Morgan fingerprint density at radius 1 is 1.50 bits per heavy atom. The minimum atomic E-state index is 0.298. The lowest BCUT2D eigenvalue weighted by molar-refractivity contribution is -0.132. The molecule has 1 fully saturated rings. The Balaban J connectivity index is 2.20. The summed E-state index contributed by atoms with van der Waals surface area (Å²) in [6.07, 6.45) is 6.83. The van der Waals surface area contributed by atoms with Crippen LogP contribution in [0.15, 0.2) is 12.7 Å². The molecule has 0 aromatic carbocycles. The largest absolute Gasteiger partial charge is 0.343 e. The molecule has 3 heteroatoms. The average molecular weight is 224 g/mol. The number of hydrogen-bond donors (Lipinski definition) is 1. The van der Waals surface area contributed by atoms with Crippen LogP contribution in [0.4, 0.5) is 0 Å². The minimum absolute atomic E-state index is 0.298. The van der Waals surface area contributed by atoms with Crippen molar-refractivity contribution in [1.29, 1.82) is 0 Å². The van der Waals surface area contributed by atoms with Gasteiger partial charge < -0.3 is 10.2 Å². The molecule has 1 rings (SSSR count). The summed E-state index contributed by atoms with van der Waals surface area (Å²) >= 11 is 0. The van der Waals surface area contributed by atoms with Crippen LogP contribution in [0.5, 0.6) is 0 Å². The van der Waals surface area contributed by atoms with Gasteiger partial charge in [0.15, 0.2) is 0 Å². The summed E-state index contributed by atoms with van der Waals surface area (Å²) in [5, 5.41) is 3.19. The lowest BCUT2D eigenvalue weighted by Gasteiger charge is -2.32. The number of nitrogens with one attached hydrogen (secondary N) is 1. The Bertz CT molecular complexity index is 220. The monoisotopic (exact) mass is 224 g/mol. The highest BCUT2D eigenvalue weighted by Gasteiger charge is 2.21. The number of carbonyl (C=O) groups is 1. The predicted octanol–water partition coefficient (Wildman–Crippen LogP) is 1.80. The van der Waals surface area contributed by atoms with Crippen molar-refractivity contribution < 1.29 is 4.79 Å². The Hall–Kier alpha value is -0.830. The Morgan fingerprint density at radius 2 is 2.19 bits per heavy atom. The molecule has 0 saturated carbocycles. The fourth-order valence-corrected chi connectivity index (χ4v) is 2.20. The molecule has 0 spiro atoms. The van der Waals surface area contributed by atoms with Gasteiger partial charge in [0.25, 0.3) is 0 Å². The second-order valence-electron chi connectivity index (χ2n) is 4.54. The molecule has 1 amide bonds. The van der Waals surface area contributed by atoms with Gasteiger partial charge in [-0.15, -0.1) is 6.58 Å². The third-order valence-electron chi connectivity index (χ3n) is 3.33. The number of rotatable bonds is 6. The van der Waals surface area contributed by atoms with Crippen LogP contribution in [-0.4, -0.2) is 37.5 Å². The highest BCUT2D eigenvalue weighted by Crippen LogP contribution is 2.20. The number of allylic oxidation sites excluding steroid dienone is 1. The van der Waals surface area contributed by atoms with E-state index in [1.807, 2.05) is 18.0 Å². The molecule has 1 N–H and O–H groups in total. The fraction of sp³-hybridized carbons (Fsp3) is 0.769. The molecule has 0 unspecified atom stereocenters. The Labute approximate surface area is 98.9 Å². The normalized spacial score (nSPS) is 17.4. The van der Waals surface area contributed by atoms with E-state index in [9.17, 15) is 4.79 Å². The Kier molecular flexibility index (Phi) is 6.16. The summed E-state index contributed by atoms with van der Waals surface area (Å²) in [7, 11) is 1.99.